The van der Waals surface area contributed by atoms with Crippen LogP contribution in [0, 0.1) is 6.92 Å². The molecule has 6 heteroatoms. The Morgan fingerprint density at radius 2 is 2.31 bits per heavy atom. The first kappa shape index (κ1) is 10.2. The zero-order valence-electron chi connectivity index (χ0n) is 8.57. The first-order valence-corrected chi connectivity index (χ1v) is 4.67. The van der Waals surface area contributed by atoms with Gasteiger partial charge in [0.05, 0.1) is 6.20 Å². The maximum atomic E-state index is 11.7. The molecule has 1 amide bonds. The van der Waals surface area contributed by atoms with Crippen molar-refractivity contribution >= 4 is 11.7 Å². The fourth-order valence-corrected chi connectivity index (χ4v) is 1.25. The summed E-state index contributed by atoms with van der Waals surface area (Å²) < 4.78 is 0. The molecule has 0 fully saturated rings. The van der Waals surface area contributed by atoms with Crippen LogP contribution >= 0.6 is 0 Å². The Morgan fingerprint density at radius 1 is 1.50 bits per heavy atom. The average Bonchev–Trinajstić information content (AvgIpc) is 2.65. The Morgan fingerprint density at radius 3 is 2.94 bits per heavy atom. The smallest absolute Gasteiger partial charge is 0.262 e. The molecule has 3 N–H and O–H groups in total. The lowest BCUT2D eigenvalue weighted by atomic mass is 10.2. The van der Waals surface area contributed by atoms with E-state index in [0.717, 1.165) is 5.56 Å². The van der Waals surface area contributed by atoms with Crippen LogP contribution in [0.15, 0.2) is 29.5 Å². The van der Waals surface area contributed by atoms with E-state index in [-0.39, 0.29) is 11.0 Å². The van der Waals surface area contributed by atoms with E-state index in [4.69, 9.17) is 0 Å². The highest BCUT2D eigenvalue weighted by molar-refractivity contribution is 6.03. The minimum absolute atomic E-state index is 0.0662. The standard InChI is InChI=1S/C10H10N4O2/c1-6-4-12-14-9(6)13-10(16)7-5-11-3-2-8(7)15/h2-5H,1H3,(H,11,15)(H2,12,13,14,16). The summed E-state index contributed by atoms with van der Waals surface area (Å²) in [6.45, 7) is 1.80. The molecule has 0 radical (unpaired) electrons. The van der Waals surface area contributed by atoms with E-state index in [1.54, 1.807) is 13.1 Å². The summed E-state index contributed by atoms with van der Waals surface area (Å²) in [4.78, 5) is 25.8. The number of aryl methyl sites for hydroxylation is 1. The first-order valence-electron chi connectivity index (χ1n) is 4.67. The number of amides is 1. The molecule has 0 aliphatic rings. The van der Waals surface area contributed by atoms with Crippen molar-refractivity contribution in [2.24, 2.45) is 0 Å². The average molecular weight is 218 g/mol. The minimum Gasteiger partial charge on any atom is -0.367 e. The van der Waals surface area contributed by atoms with E-state index in [1.165, 1.54) is 18.5 Å². The van der Waals surface area contributed by atoms with Crippen LogP contribution in [0.2, 0.25) is 0 Å². The zero-order chi connectivity index (χ0) is 11.5. The molecule has 2 aromatic heterocycles. The van der Waals surface area contributed by atoms with E-state index in [1.807, 2.05) is 0 Å². The topological polar surface area (TPSA) is 90.6 Å². The quantitative estimate of drug-likeness (QED) is 0.691. The molecule has 0 bridgehead atoms. The summed E-state index contributed by atoms with van der Waals surface area (Å²) in [6.07, 6.45) is 4.43. The minimum atomic E-state index is -0.464. The Hall–Kier alpha value is -2.37. The molecule has 2 heterocycles. The number of hydrogen-bond donors (Lipinski definition) is 3. The second-order valence-electron chi connectivity index (χ2n) is 3.30. The van der Waals surface area contributed by atoms with Gasteiger partial charge in [-0.25, -0.2) is 0 Å². The second-order valence-corrected chi connectivity index (χ2v) is 3.30. The lowest BCUT2D eigenvalue weighted by Crippen LogP contribution is -2.21. The Balaban J connectivity index is 2.25. The third kappa shape index (κ3) is 1.85. The van der Waals surface area contributed by atoms with E-state index >= 15 is 0 Å². The predicted molar refractivity (Wildman–Crippen MR) is 58.3 cm³/mol. The Labute approximate surface area is 90.7 Å². The molecule has 2 aromatic rings. The van der Waals surface area contributed by atoms with Crippen LogP contribution in [0.4, 0.5) is 5.82 Å². The molecule has 0 spiro atoms. The maximum absolute atomic E-state index is 11.7. The maximum Gasteiger partial charge on any atom is 0.262 e. The van der Waals surface area contributed by atoms with Crippen LogP contribution in [0.5, 0.6) is 0 Å². The Kier molecular flexibility index (Phi) is 2.55. The van der Waals surface area contributed by atoms with E-state index in [0.29, 0.717) is 5.82 Å². The van der Waals surface area contributed by atoms with Crippen LogP contribution in [0.3, 0.4) is 0 Å². The van der Waals surface area contributed by atoms with Crippen molar-refractivity contribution in [3.63, 3.8) is 0 Å². The summed E-state index contributed by atoms with van der Waals surface area (Å²) in [5.74, 6) is 0.0300. The number of aromatic nitrogens is 3. The van der Waals surface area contributed by atoms with E-state index in [9.17, 15) is 9.59 Å². The van der Waals surface area contributed by atoms with Gasteiger partial charge >= 0.3 is 0 Å². The van der Waals surface area contributed by atoms with Gasteiger partial charge in [-0.2, -0.15) is 5.10 Å². The van der Waals surface area contributed by atoms with Crippen molar-refractivity contribution in [2.45, 2.75) is 6.92 Å². The lowest BCUT2D eigenvalue weighted by Gasteiger charge is -2.02. The van der Waals surface area contributed by atoms with Crippen molar-refractivity contribution in [3.05, 3.63) is 46.0 Å². The largest absolute Gasteiger partial charge is 0.367 e. The van der Waals surface area contributed by atoms with Gasteiger partial charge in [-0.1, -0.05) is 0 Å². The molecule has 0 aromatic carbocycles. The highest BCUT2D eigenvalue weighted by atomic mass is 16.2. The van der Waals surface area contributed by atoms with Crippen LogP contribution in [-0.4, -0.2) is 21.1 Å². The predicted octanol–water partition coefficient (Wildman–Crippen LogP) is 0.659. The molecule has 0 aliphatic carbocycles. The monoisotopic (exact) mass is 218 g/mol. The molecular weight excluding hydrogens is 208 g/mol. The third-order valence-electron chi connectivity index (χ3n) is 2.14. The van der Waals surface area contributed by atoms with E-state index < -0.39 is 5.91 Å². The van der Waals surface area contributed by atoms with Gasteiger partial charge in [-0.05, 0) is 6.92 Å². The molecule has 0 unspecified atom stereocenters. The molecule has 16 heavy (non-hydrogen) atoms. The van der Waals surface area contributed by atoms with Crippen molar-refractivity contribution in [1.29, 1.82) is 0 Å². The fraction of sp³-hybridized carbons (Fsp3) is 0.100. The SMILES string of the molecule is Cc1cn[nH]c1NC(=O)c1c[nH]ccc1=O. The molecule has 0 saturated carbocycles. The number of carbonyl (C=O) groups excluding carboxylic acids is 1. The molecule has 6 nitrogen and oxygen atoms in total. The summed E-state index contributed by atoms with van der Waals surface area (Å²) in [5, 5.41) is 8.97. The van der Waals surface area contributed by atoms with Gasteiger partial charge in [0.2, 0.25) is 0 Å². The number of nitrogens with zero attached hydrogens (tertiary/aromatic N) is 1. The number of anilines is 1. The number of carbonyl (C=O) groups is 1. The summed E-state index contributed by atoms with van der Waals surface area (Å²) in [5.41, 5.74) is 0.547. The number of nitrogens with one attached hydrogen (secondary N) is 3. The molecule has 0 aliphatic heterocycles. The molecule has 0 saturated heterocycles. The van der Waals surface area contributed by atoms with Gasteiger partial charge in [-0.15, -0.1) is 0 Å². The lowest BCUT2D eigenvalue weighted by molar-refractivity contribution is 0.102. The van der Waals surface area contributed by atoms with Crippen LogP contribution < -0.4 is 10.7 Å². The summed E-state index contributed by atoms with van der Waals surface area (Å²) in [6, 6.07) is 1.30. The number of hydrogen-bond acceptors (Lipinski definition) is 3. The van der Waals surface area contributed by atoms with Crippen molar-refractivity contribution in [3.8, 4) is 0 Å². The first-order chi connectivity index (χ1) is 7.68. The van der Waals surface area contributed by atoms with Gasteiger partial charge in [0, 0.05) is 24.0 Å². The Bertz CT molecular complexity index is 570. The number of H-pyrrole nitrogens is 2. The fourth-order valence-electron chi connectivity index (χ4n) is 1.25. The van der Waals surface area contributed by atoms with Gasteiger partial charge < -0.3 is 10.3 Å². The molecule has 2 rings (SSSR count). The second kappa shape index (κ2) is 4.01. The van der Waals surface area contributed by atoms with E-state index in [2.05, 4.69) is 20.5 Å². The molecule has 0 atom stereocenters. The number of pyridine rings is 1. The number of aromatic amines is 2. The van der Waals surface area contributed by atoms with Gasteiger partial charge in [0.25, 0.3) is 5.91 Å². The highest BCUT2D eigenvalue weighted by Crippen LogP contribution is 2.08. The number of rotatable bonds is 2. The molecular formula is C10H10N4O2. The van der Waals surface area contributed by atoms with Crippen molar-refractivity contribution in [2.75, 3.05) is 5.32 Å². The van der Waals surface area contributed by atoms with Crippen molar-refractivity contribution in [1.82, 2.24) is 15.2 Å². The normalized spacial score (nSPS) is 10.1. The summed E-state index contributed by atoms with van der Waals surface area (Å²) in [7, 11) is 0. The van der Waals surface area contributed by atoms with Crippen LogP contribution in [-0.2, 0) is 0 Å². The summed E-state index contributed by atoms with van der Waals surface area (Å²) >= 11 is 0. The third-order valence-corrected chi connectivity index (χ3v) is 2.14. The van der Waals surface area contributed by atoms with Gasteiger partial charge in [0.1, 0.15) is 11.4 Å². The van der Waals surface area contributed by atoms with Crippen molar-refractivity contribution < 1.29 is 4.79 Å². The van der Waals surface area contributed by atoms with Crippen LogP contribution in [0.1, 0.15) is 15.9 Å². The van der Waals surface area contributed by atoms with Gasteiger partial charge in [0.15, 0.2) is 5.43 Å². The van der Waals surface area contributed by atoms with Crippen LogP contribution in [0.25, 0.3) is 0 Å². The zero-order valence-corrected chi connectivity index (χ0v) is 8.57. The molecule has 82 valence electrons. The van der Waals surface area contributed by atoms with Gasteiger partial charge in [-0.3, -0.25) is 14.7 Å². The highest BCUT2D eigenvalue weighted by Gasteiger charge is 2.11.